The Kier molecular flexibility index (Phi) is 5.13. The normalized spacial score (nSPS) is 15.8. The highest BCUT2D eigenvalue weighted by Crippen LogP contribution is 2.19. The van der Waals surface area contributed by atoms with Crippen LogP contribution in [0.2, 0.25) is 0 Å². The maximum absolute atomic E-state index is 12.6. The SMILES string of the molecule is CNCC1CCN(C(=O)c2cnn(-c3cccc(Br)c3)c2)CC1. The monoisotopic (exact) mass is 376 g/mol. The number of nitrogens with one attached hydrogen (secondary N) is 1. The van der Waals surface area contributed by atoms with Gasteiger partial charge in [-0.05, 0) is 50.6 Å². The summed E-state index contributed by atoms with van der Waals surface area (Å²) in [4.78, 5) is 14.6. The Morgan fingerprint density at radius 2 is 2.17 bits per heavy atom. The first kappa shape index (κ1) is 16.2. The lowest BCUT2D eigenvalue weighted by atomic mass is 9.96. The zero-order valence-electron chi connectivity index (χ0n) is 13.2. The van der Waals surface area contributed by atoms with E-state index in [1.165, 1.54) is 0 Å². The molecule has 3 rings (SSSR count). The van der Waals surface area contributed by atoms with Crippen LogP contribution >= 0.6 is 15.9 Å². The summed E-state index contributed by atoms with van der Waals surface area (Å²) in [7, 11) is 1.98. The van der Waals surface area contributed by atoms with Crippen LogP contribution in [0.4, 0.5) is 0 Å². The van der Waals surface area contributed by atoms with Gasteiger partial charge in [-0.2, -0.15) is 5.10 Å². The summed E-state index contributed by atoms with van der Waals surface area (Å²) in [6.45, 7) is 2.68. The average molecular weight is 377 g/mol. The van der Waals surface area contributed by atoms with E-state index in [1.54, 1.807) is 10.9 Å². The molecule has 5 nitrogen and oxygen atoms in total. The summed E-state index contributed by atoms with van der Waals surface area (Å²) in [6.07, 6.45) is 5.59. The van der Waals surface area contributed by atoms with Gasteiger partial charge in [-0.3, -0.25) is 4.79 Å². The molecule has 1 amide bonds. The van der Waals surface area contributed by atoms with E-state index in [1.807, 2.05) is 42.4 Å². The lowest BCUT2D eigenvalue weighted by molar-refractivity contribution is 0.0691. The van der Waals surface area contributed by atoms with Gasteiger partial charge in [0.15, 0.2) is 0 Å². The molecule has 0 aliphatic carbocycles. The fraction of sp³-hybridized carbons (Fsp3) is 0.412. The Morgan fingerprint density at radius 3 is 2.87 bits per heavy atom. The summed E-state index contributed by atoms with van der Waals surface area (Å²) >= 11 is 3.45. The number of nitrogens with zero attached hydrogens (tertiary/aromatic N) is 3. The second-order valence-electron chi connectivity index (χ2n) is 5.95. The van der Waals surface area contributed by atoms with Crippen LogP contribution < -0.4 is 5.32 Å². The van der Waals surface area contributed by atoms with Crippen LogP contribution in [0.15, 0.2) is 41.1 Å². The molecule has 23 heavy (non-hydrogen) atoms. The molecule has 0 atom stereocenters. The number of amides is 1. The molecule has 1 N–H and O–H groups in total. The molecule has 0 unspecified atom stereocenters. The van der Waals surface area contributed by atoms with Crippen LogP contribution in [0.3, 0.4) is 0 Å². The molecule has 1 aliphatic rings. The van der Waals surface area contributed by atoms with Gasteiger partial charge < -0.3 is 10.2 Å². The number of hydrogen-bond donors (Lipinski definition) is 1. The first-order valence-corrected chi connectivity index (χ1v) is 8.71. The molecular weight excluding hydrogens is 356 g/mol. The van der Waals surface area contributed by atoms with Crippen LogP contribution in [-0.4, -0.2) is 47.3 Å². The number of rotatable bonds is 4. The molecule has 1 aromatic carbocycles. The summed E-state index contributed by atoms with van der Waals surface area (Å²) in [5.74, 6) is 0.752. The van der Waals surface area contributed by atoms with Crippen LogP contribution in [0.25, 0.3) is 5.69 Å². The van der Waals surface area contributed by atoms with Crippen molar-refractivity contribution in [2.75, 3.05) is 26.7 Å². The number of aromatic nitrogens is 2. The van der Waals surface area contributed by atoms with Crippen LogP contribution in [0, 0.1) is 5.92 Å². The Morgan fingerprint density at radius 1 is 1.39 bits per heavy atom. The van der Waals surface area contributed by atoms with Gasteiger partial charge in [0.2, 0.25) is 0 Å². The molecule has 0 radical (unpaired) electrons. The van der Waals surface area contributed by atoms with Crippen molar-refractivity contribution in [3.63, 3.8) is 0 Å². The molecule has 0 spiro atoms. The van der Waals surface area contributed by atoms with E-state index in [9.17, 15) is 4.79 Å². The van der Waals surface area contributed by atoms with Crippen molar-refractivity contribution >= 4 is 21.8 Å². The lowest BCUT2D eigenvalue weighted by Gasteiger charge is -2.31. The van der Waals surface area contributed by atoms with Gasteiger partial charge in [0, 0.05) is 23.8 Å². The van der Waals surface area contributed by atoms with Crippen molar-refractivity contribution in [3.8, 4) is 5.69 Å². The van der Waals surface area contributed by atoms with Gasteiger partial charge in [0.1, 0.15) is 0 Å². The smallest absolute Gasteiger partial charge is 0.257 e. The maximum atomic E-state index is 12.6. The molecule has 2 heterocycles. The van der Waals surface area contributed by atoms with Crippen molar-refractivity contribution in [1.29, 1.82) is 0 Å². The fourth-order valence-electron chi connectivity index (χ4n) is 3.00. The Labute approximate surface area is 144 Å². The highest BCUT2D eigenvalue weighted by molar-refractivity contribution is 9.10. The number of carbonyl (C=O) groups is 1. The predicted octanol–water partition coefficient (Wildman–Crippen LogP) is 2.71. The highest BCUT2D eigenvalue weighted by atomic mass is 79.9. The average Bonchev–Trinajstić information content (AvgIpc) is 3.05. The van der Waals surface area contributed by atoms with E-state index < -0.39 is 0 Å². The van der Waals surface area contributed by atoms with Gasteiger partial charge in [0.05, 0.1) is 17.4 Å². The highest BCUT2D eigenvalue weighted by Gasteiger charge is 2.24. The minimum atomic E-state index is 0.0779. The van der Waals surface area contributed by atoms with Gasteiger partial charge in [-0.1, -0.05) is 22.0 Å². The molecule has 2 aromatic rings. The molecule has 1 fully saturated rings. The van der Waals surface area contributed by atoms with E-state index >= 15 is 0 Å². The second kappa shape index (κ2) is 7.27. The van der Waals surface area contributed by atoms with Crippen LogP contribution in [-0.2, 0) is 0 Å². The Hall–Kier alpha value is -1.66. The third-order valence-corrected chi connectivity index (χ3v) is 4.79. The molecule has 0 saturated carbocycles. The lowest BCUT2D eigenvalue weighted by Crippen LogP contribution is -2.40. The molecule has 0 bridgehead atoms. The fourth-order valence-corrected chi connectivity index (χ4v) is 3.39. The van der Waals surface area contributed by atoms with Crippen LogP contribution in [0.1, 0.15) is 23.2 Å². The molecule has 1 aliphatic heterocycles. The van der Waals surface area contributed by atoms with E-state index in [0.717, 1.165) is 42.6 Å². The quantitative estimate of drug-likeness (QED) is 0.892. The van der Waals surface area contributed by atoms with E-state index in [-0.39, 0.29) is 5.91 Å². The number of hydrogen-bond acceptors (Lipinski definition) is 3. The van der Waals surface area contributed by atoms with Crippen LogP contribution in [0.5, 0.6) is 0 Å². The molecule has 122 valence electrons. The zero-order valence-corrected chi connectivity index (χ0v) is 14.8. The van der Waals surface area contributed by atoms with Crippen molar-refractivity contribution in [2.45, 2.75) is 12.8 Å². The molecular formula is C17H21BrN4O. The first-order chi connectivity index (χ1) is 11.2. The summed E-state index contributed by atoms with van der Waals surface area (Å²) < 4.78 is 2.73. The van der Waals surface area contributed by atoms with Gasteiger partial charge in [-0.25, -0.2) is 4.68 Å². The van der Waals surface area contributed by atoms with Crippen molar-refractivity contribution in [3.05, 3.63) is 46.7 Å². The predicted molar refractivity (Wildman–Crippen MR) is 93.8 cm³/mol. The number of likely N-dealkylation sites (tertiary alicyclic amines) is 1. The second-order valence-corrected chi connectivity index (χ2v) is 6.86. The van der Waals surface area contributed by atoms with E-state index in [4.69, 9.17) is 0 Å². The third kappa shape index (κ3) is 3.82. The molecule has 6 heteroatoms. The minimum absolute atomic E-state index is 0.0779. The Bertz CT molecular complexity index is 677. The van der Waals surface area contributed by atoms with Crippen molar-refractivity contribution in [1.82, 2.24) is 20.0 Å². The van der Waals surface area contributed by atoms with E-state index in [0.29, 0.717) is 11.5 Å². The van der Waals surface area contributed by atoms with Gasteiger partial charge in [0.25, 0.3) is 5.91 Å². The summed E-state index contributed by atoms with van der Waals surface area (Å²) in [5.41, 5.74) is 1.59. The third-order valence-electron chi connectivity index (χ3n) is 4.30. The largest absolute Gasteiger partial charge is 0.339 e. The van der Waals surface area contributed by atoms with Crippen molar-refractivity contribution < 1.29 is 4.79 Å². The molecule has 1 aromatic heterocycles. The topological polar surface area (TPSA) is 50.2 Å². The standard InChI is InChI=1S/C17H21BrN4O/c1-19-10-13-5-7-21(8-6-13)17(23)14-11-20-22(12-14)16-4-2-3-15(18)9-16/h2-4,9,11-13,19H,5-8,10H2,1H3. The van der Waals surface area contributed by atoms with Crippen molar-refractivity contribution in [2.24, 2.45) is 5.92 Å². The number of carbonyl (C=O) groups excluding carboxylic acids is 1. The first-order valence-electron chi connectivity index (χ1n) is 7.92. The maximum Gasteiger partial charge on any atom is 0.257 e. The zero-order chi connectivity index (χ0) is 16.2. The number of halogens is 1. The Balaban J connectivity index is 1.67. The van der Waals surface area contributed by atoms with Gasteiger partial charge in [-0.15, -0.1) is 0 Å². The minimum Gasteiger partial charge on any atom is -0.339 e. The number of benzene rings is 1. The number of piperidine rings is 1. The summed E-state index contributed by atoms with van der Waals surface area (Å²) in [6, 6.07) is 7.86. The summed E-state index contributed by atoms with van der Waals surface area (Å²) in [5, 5.41) is 7.54. The van der Waals surface area contributed by atoms with Gasteiger partial charge >= 0.3 is 0 Å². The van der Waals surface area contributed by atoms with E-state index in [2.05, 4.69) is 26.3 Å². The molecule has 1 saturated heterocycles.